The molecule has 2 aromatic carbocycles. The highest BCUT2D eigenvalue weighted by molar-refractivity contribution is 5.91. The summed E-state index contributed by atoms with van der Waals surface area (Å²) in [7, 11) is 0. The van der Waals surface area contributed by atoms with Crippen molar-refractivity contribution in [2.24, 2.45) is 0 Å². The molecule has 3 N–H and O–H groups in total. The number of quaternary nitrogens is 1. The highest BCUT2D eigenvalue weighted by Crippen LogP contribution is 2.31. The van der Waals surface area contributed by atoms with E-state index in [1.807, 2.05) is 23.1 Å². The molecule has 0 radical (unpaired) electrons. The van der Waals surface area contributed by atoms with E-state index in [4.69, 9.17) is 4.84 Å². The fourth-order valence-electron chi connectivity index (χ4n) is 8.64. The molecule has 0 saturated carbocycles. The van der Waals surface area contributed by atoms with Crippen molar-refractivity contribution >= 4 is 23.7 Å². The molecular formula is C38H55N6O4+. The van der Waals surface area contributed by atoms with Crippen LogP contribution < -0.4 is 16.0 Å². The predicted molar refractivity (Wildman–Crippen MR) is 188 cm³/mol. The average Bonchev–Trinajstić information content (AvgIpc) is 3.30. The molecule has 48 heavy (non-hydrogen) atoms. The minimum absolute atomic E-state index is 0.0693. The van der Waals surface area contributed by atoms with Crippen molar-refractivity contribution in [3.05, 3.63) is 64.7 Å². The first-order chi connectivity index (χ1) is 23.4. The molecule has 0 unspecified atom stereocenters. The van der Waals surface area contributed by atoms with E-state index in [0.717, 1.165) is 94.4 Å². The summed E-state index contributed by atoms with van der Waals surface area (Å²) in [6.07, 6.45) is 9.18. The molecule has 6 rings (SSSR count). The molecule has 0 aromatic heterocycles. The summed E-state index contributed by atoms with van der Waals surface area (Å²) in [5.41, 5.74) is 5.73. The number of piperidine rings is 3. The second-order valence-corrected chi connectivity index (χ2v) is 14.1. The molecule has 4 aliphatic rings. The number of aryl methyl sites for hydroxylation is 2. The number of nitrogens with one attached hydrogen (secondary N) is 3. The van der Waals surface area contributed by atoms with Crippen LogP contribution in [0.3, 0.4) is 0 Å². The normalized spacial score (nSPS) is 21.5. The van der Waals surface area contributed by atoms with Gasteiger partial charge in [-0.2, -0.15) is 0 Å². The van der Waals surface area contributed by atoms with Gasteiger partial charge in [0.2, 0.25) is 0 Å². The van der Waals surface area contributed by atoms with E-state index in [2.05, 4.69) is 54.1 Å². The molecule has 4 heterocycles. The van der Waals surface area contributed by atoms with Crippen LogP contribution in [0.25, 0.3) is 0 Å². The van der Waals surface area contributed by atoms with Gasteiger partial charge in [0.25, 0.3) is 0 Å². The highest BCUT2D eigenvalue weighted by atomic mass is 16.7. The number of fused-ring (bicyclic) bond motifs is 1. The second kappa shape index (κ2) is 15.8. The van der Waals surface area contributed by atoms with Crippen LogP contribution in [0.4, 0.5) is 15.3 Å². The Morgan fingerprint density at radius 1 is 0.938 bits per heavy atom. The van der Waals surface area contributed by atoms with E-state index in [1.54, 1.807) is 5.06 Å². The van der Waals surface area contributed by atoms with Crippen molar-refractivity contribution in [2.45, 2.75) is 103 Å². The Bertz CT molecular complexity index is 1430. The van der Waals surface area contributed by atoms with Crippen LogP contribution in [0, 0.1) is 0 Å². The maximum Gasteiger partial charge on any atom is 0.427 e. The minimum atomic E-state index is -0.678. The van der Waals surface area contributed by atoms with E-state index in [1.165, 1.54) is 11.1 Å². The average molecular weight is 660 g/mol. The van der Waals surface area contributed by atoms with Crippen molar-refractivity contribution in [3.8, 4) is 0 Å². The number of urea groups is 1. The van der Waals surface area contributed by atoms with Crippen LogP contribution in [0.2, 0.25) is 0 Å². The summed E-state index contributed by atoms with van der Waals surface area (Å²) in [5, 5.41) is 11.3. The number of benzene rings is 2. The van der Waals surface area contributed by atoms with Crippen LogP contribution >= 0.6 is 0 Å². The van der Waals surface area contributed by atoms with Crippen LogP contribution in [0.5, 0.6) is 0 Å². The number of likely N-dealkylation sites (tertiary alicyclic amines) is 1. The molecular weight excluding hydrogens is 604 g/mol. The van der Waals surface area contributed by atoms with Gasteiger partial charge in [0.15, 0.2) is 6.04 Å². The lowest BCUT2D eigenvalue weighted by atomic mass is 9.92. The van der Waals surface area contributed by atoms with Gasteiger partial charge in [0.1, 0.15) is 0 Å². The summed E-state index contributed by atoms with van der Waals surface area (Å²) >= 11 is 0. The first-order valence-corrected chi connectivity index (χ1v) is 18.5. The lowest BCUT2D eigenvalue weighted by Gasteiger charge is -2.47. The van der Waals surface area contributed by atoms with Crippen LogP contribution in [0.1, 0.15) is 81.0 Å². The molecule has 0 aliphatic carbocycles. The molecule has 3 saturated heterocycles. The van der Waals surface area contributed by atoms with Crippen molar-refractivity contribution in [2.75, 3.05) is 51.1 Å². The van der Waals surface area contributed by atoms with E-state index in [-0.39, 0.29) is 24.0 Å². The summed E-state index contributed by atoms with van der Waals surface area (Å²) in [6.45, 7) is 9.60. The van der Waals surface area contributed by atoms with Crippen molar-refractivity contribution in [3.63, 3.8) is 0 Å². The van der Waals surface area contributed by atoms with Gasteiger partial charge in [-0.1, -0.05) is 50.2 Å². The number of hydrogen-bond donors (Lipinski definition) is 3. The van der Waals surface area contributed by atoms with Crippen molar-refractivity contribution in [1.29, 1.82) is 0 Å². The lowest BCUT2D eigenvalue weighted by molar-refractivity contribution is -0.886. The Morgan fingerprint density at radius 2 is 1.67 bits per heavy atom. The fraction of sp³-hybridized carbons (Fsp3) is 0.605. The highest BCUT2D eigenvalue weighted by Gasteiger charge is 2.48. The third-order valence-electron chi connectivity index (χ3n) is 11.3. The number of hydroxylamine groups is 2. The molecule has 1 atom stereocenters. The molecule has 4 aliphatic heterocycles. The molecule has 4 amide bonds. The van der Waals surface area contributed by atoms with Crippen molar-refractivity contribution in [1.82, 2.24) is 20.6 Å². The molecule has 0 spiro atoms. The zero-order valence-electron chi connectivity index (χ0n) is 29.0. The molecule has 260 valence electrons. The smallest absolute Gasteiger partial charge is 0.351 e. The Kier molecular flexibility index (Phi) is 11.3. The fourth-order valence-corrected chi connectivity index (χ4v) is 8.64. The standard InChI is InChI=1S/C38H54N6O4/c1-3-29-13-12-28(26-30(29)4-2)27-35(36(45)44(24-8-5-9-25-44)33-14-19-39-20-15-33)41-38(47)48-42-21-17-32(18-22-42)43-23-16-31-10-6-7-11-34(31)40-37(43)46/h6-7,10-13,26,32-33,35,39H,3-5,8-9,14-25,27H2,1-2H3,(H-,40,41,46,47)/p+1/t35-/m1/s1. The minimum Gasteiger partial charge on any atom is -0.351 e. The third kappa shape index (κ3) is 7.71. The topological polar surface area (TPSA) is 103 Å². The van der Waals surface area contributed by atoms with E-state index in [9.17, 15) is 14.4 Å². The summed E-state index contributed by atoms with van der Waals surface area (Å²) in [6, 6.07) is 14.1. The first kappa shape index (κ1) is 34.4. The Morgan fingerprint density at radius 3 is 2.40 bits per heavy atom. The third-order valence-corrected chi connectivity index (χ3v) is 11.3. The number of anilines is 1. The number of para-hydroxylation sites is 1. The Labute approximate surface area is 286 Å². The number of hydrogen-bond acceptors (Lipinski definition) is 6. The lowest BCUT2D eigenvalue weighted by Crippen LogP contribution is -2.68. The van der Waals surface area contributed by atoms with Crippen LogP contribution in [-0.4, -0.2) is 96.4 Å². The Balaban J connectivity index is 1.13. The van der Waals surface area contributed by atoms with E-state index < -0.39 is 12.1 Å². The van der Waals surface area contributed by atoms with Crippen molar-refractivity contribution < 1.29 is 23.7 Å². The summed E-state index contributed by atoms with van der Waals surface area (Å²) in [4.78, 5) is 49.3. The van der Waals surface area contributed by atoms with Crippen LogP contribution in [0.15, 0.2) is 42.5 Å². The van der Waals surface area contributed by atoms with Crippen LogP contribution in [-0.2, 0) is 35.3 Å². The number of amides is 4. The number of nitrogens with zero attached hydrogens (tertiary/aromatic N) is 3. The van der Waals surface area contributed by atoms with Gasteiger partial charge in [0, 0.05) is 63.7 Å². The maximum absolute atomic E-state index is 14.8. The molecule has 10 nitrogen and oxygen atoms in total. The monoisotopic (exact) mass is 659 g/mol. The maximum atomic E-state index is 14.8. The second-order valence-electron chi connectivity index (χ2n) is 14.1. The molecule has 10 heteroatoms. The predicted octanol–water partition coefficient (Wildman–Crippen LogP) is 5.20. The van der Waals surface area contributed by atoms with Gasteiger partial charge in [0.05, 0.1) is 19.1 Å². The van der Waals surface area contributed by atoms with E-state index >= 15 is 0 Å². The number of rotatable bonds is 9. The number of carbonyl (C=O) groups excluding carboxylic acids is 3. The molecule has 0 bridgehead atoms. The van der Waals surface area contributed by atoms with Gasteiger partial charge >= 0.3 is 18.0 Å². The SMILES string of the molecule is CCc1ccc(C[C@@H](NC(=O)ON2CCC(N3CCc4ccccc4NC3=O)CC2)C(=O)[N+]2(C3CCNCC3)CCCCC2)cc1CC. The number of carbonyl (C=O) groups is 3. The van der Waals surface area contributed by atoms with Gasteiger partial charge in [-0.05, 0) is 79.7 Å². The molecule has 2 aromatic rings. The van der Waals surface area contributed by atoms with Gasteiger partial charge in [-0.25, -0.2) is 14.4 Å². The summed E-state index contributed by atoms with van der Waals surface area (Å²) in [5.74, 6) is 0.128. The zero-order valence-corrected chi connectivity index (χ0v) is 29.0. The quantitative estimate of drug-likeness (QED) is 0.320. The molecule has 3 fully saturated rings. The first-order valence-electron chi connectivity index (χ1n) is 18.5. The van der Waals surface area contributed by atoms with Gasteiger partial charge < -0.3 is 25.7 Å². The summed E-state index contributed by atoms with van der Waals surface area (Å²) < 4.78 is 0.466. The van der Waals surface area contributed by atoms with Gasteiger partial charge in [-0.15, -0.1) is 5.06 Å². The zero-order chi connectivity index (χ0) is 33.5. The Hall–Kier alpha value is -3.47. The van der Waals surface area contributed by atoms with Gasteiger partial charge in [-0.3, -0.25) is 4.48 Å². The van der Waals surface area contributed by atoms with E-state index in [0.29, 0.717) is 43.4 Å². The largest absolute Gasteiger partial charge is 0.427 e.